The van der Waals surface area contributed by atoms with Crippen LogP contribution in [0, 0.1) is 0 Å². The van der Waals surface area contributed by atoms with Crippen LogP contribution in [0.1, 0.15) is 20.3 Å². The van der Waals surface area contributed by atoms with Crippen molar-refractivity contribution in [2.45, 2.75) is 26.1 Å². The molecule has 0 aromatic rings. The van der Waals surface area contributed by atoms with Gasteiger partial charge in [0.25, 0.3) is 0 Å². The fraction of sp³-hybridized carbons (Fsp3) is 1.00. The molecule has 0 saturated heterocycles. The summed E-state index contributed by atoms with van der Waals surface area (Å²) in [6, 6.07) is 0. The van der Waals surface area contributed by atoms with Gasteiger partial charge in [0, 0.05) is 6.61 Å². The van der Waals surface area contributed by atoms with Crippen molar-refractivity contribution in [3.05, 3.63) is 0 Å². The molecule has 110 valence electrons. The molecular formula is C12H26O6. The highest BCUT2D eigenvalue weighted by atomic mass is 16.6. The van der Waals surface area contributed by atoms with E-state index in [-0.39, 0.29) is 6.61 Å². The number of aliphatic hydroxyl groups is 2. The number of hydrogen-bond donors (Lipinski definition) is 2. The number of ether oxygens (including phenoxy) is 4. The minimum atomic E-state index is -1.78. The van der Waals surface area contributed by atoms with Crippen LogP contribution in [0.4, 0.5) is 0 Å². The van der Waals surface area contributed by atoms with Crippen LogP contribution >= 0.6 is 0 Å². The highest BCUT2D eigenvalue weighted by molar-refractivity contribution is 4.52. The first-order valence-electron chi connectivity index (χ1n) is 6.32. The van der Waals surface area contributed by atoms with Crippen LogP contribution in [0.5, 0.6) is 0 Å². The van der Waals surface area contributed by atoms with E-state index < -0.39 is 5.79 Å². The van der Waals surface area contributed by atoms with Gasteiger partial charge in [-0.15, -0.1) is 0 Å². The summed E-state index contributed by atoms with van der Waals surface area (Å²) in [6.45, 7) is 6.92. The second-order valence-electron chi connectivity index (χ2n) is 4.11. The lowest BCUT2D eigenvalue weighted by molar-refractivity contribution is -0.185. The van der Waals surface area contributed by atoms with Gasteiger partial charge in [-0.2, -0.15) is 0 Å². The maximum atomic E-state index is 8.94. The third-order valence-electron chi connectivity index (χ3n) is 1.84. The van der Waals surface area contributed by atoms with Crippen LogP contribution in [0.25, 0.3) is 0 Å². The molecule has 0 rings (SSSR count). The Morgan fingerprint density at radius 3 is 1.50 bits per heavy atom. The molecule has 0 aliphatic carbocycles. The lowest BCUT2D eigenvalue weighted by atomic mass is 10.4. The highest BCUT2D eigenvalue weighted by Gasteiger charge is 2.14. The average Bonchev–Trinajstić information content (AvgIpc) is 2.29. The van der Waals surface area contributed by atoms with Crippen molar-refractivity contribution in [3.8, 4) is 0 Å². The number of hydrogen-bond acceptors (Lipinski definition) is 6. The van der Waals surface area contributed by atoms with Gasteiger partial charge in [-0.3, -0.25) is 0 Å². The molecule has 0 amide bonds. The molecule has 6 heteroatoms. The van der Waals surface area contributed by atoms with Gasteiger partial charge in [0.15, 0.2) is 5.79 Å². The predicted molar refractivity (Wildman–Crippen MR) is 66.4 cm³/mol. The molecule has 0 fully saturated rings. The molecule has 0 saturated carbocycles. The third kappa shape index (κ3) is 15.8. The Morgan fingerprint density at radius 2 is 1.11 bits per heavy atom. The molecule has 18 heavy (non-hydrogen) atoms. The zero-order valence-electron chi connectivity index (χ0n) is 11.4. The van der Waals surface area contributed by atoms with E-state index in [4.69, 9.17) is 29.2 Å². The molecule has 6 nitrogen and oxygen atoms in total. The van der Waals surface area contributed by atoms with Gasteiger partial charge < -0.3 is 29.2 Å². The summed E-state index contributed by atoms with van der Waals surface area (Å²) in [4.78, 5) is 0. The van der Waals surface area contributed by atoms with Crippen molar-refractivity contribution >= 4 is 0 Å². The van der Waals surface area contributed by atoms with E-state index >= 15 is 0 Å². The monoisotopic (exact) mass is 266 g/mol. The topological polar surface area (TPSA) is 77.4 Å². The second kappa shape index (κ2) is 11.8. The van der Waals surface area contributed by atoms with E-state index in [1.54, 1.807) is 0 Å². The molecule has 0 unspecified atom stereocenters. The van der Waals surface area contributed by atoms with Crippen LogP contribution in [0.2, 0.25) is 0 Å². The first kappa shape index (κ1) is 17.8. The molecule has 0 atom stereocenters. The van der Waals surface area contributed by atoms with Gasteiger partial charge in [0.1, 0.15) is 6.61 Å². The molecule has 0 aliphatic rings. The SMILES string of the molecule is CCCOCCOCCOCCOCC(C)(O)O. The van der Waals surface area contributed by atoms with Crippen molar-refractivity contribution < 1.29 is 29.2 Å². The van der Waals surface area contributed by atoms with Crippen LogP contribution in [-0.2, 0) is 18.9 Å². The van der Waals surface area contributed by atoms with E-state index in [2.05, 4.69) is 6.92 Å². The first-order valence-corrected chi connectivity index (χ1v) is 6.32. The quantitative estimate of drug-likeness (QED) is 0.365. The predicted octanol–water partition coefficient (Wildman–Crippen LogP) is 0.164. The smallest absolute Gasteiger partial charge is 0.183 e. The Balaban J connectivity index is 2.99. The Kier molecular flexibility index (Phi) is 11.7. The fourth-order valence-corrected chi connectivity index (χ4v) is 1.07. The molecule has 0 aliphatic heterocycles. The fourth-order valence-electron chi connectivity index (χ4n) is 1.07. The van der Waals surface area contributed by atoms with E-state index in [0.29, 0.717) is 39.6 Å². The van der Waals surface area contributed by atoms with Gasteiger partial charge in [0.2, 0.25) is 0 Å². The maximum absolute atomic E-state index is 8.94. The number of rotatable bonds is 13. The van der Waals surface area contributed by atoms with Crippen molar-refractivity contribution in [3.63, 3.8) is 0 Å². The molecule has 0 bridgehead atoms. The normalized spacial score (nSPS) is 12.0. The molecule has 2 N–H and O–H groups in total. The van der Waals surface area contributed by atoms with Gasteiger partial charge in [0.05, 0.1) is 39.6 Å². The summed E-state index contributed by atoms with van der Waals surface area (Å²) in [7, 11) is 0. The van der Waals surface area contributed by atoms with E-state index in [9.17, 15) is 0 Å². The average molecular weight is 266 g/mol. The van der Waals surface area contributed by atoms with Crippen LogP contribution in [0.3, 0.4) is 0 Å². The van der Waals surface area contributed by atoms with Crippen molar-refractivity contribution in [1.82, 2.24) is 0 Å². The zero-order valence-corrected chi connectivity index (χ0v) is 11.4. The Labute approximate surface area is 109 Å². The molecule has 0 radical (unpaired) electrons. The van der Waals surface area contributed by atoms with E-state index in [1.807, 2.05) is 0 Å². The molecule has 0 aromatic heterocycles. The Morgan fingerprint density at radius 1 is 0.722 bits per heavy atom. The van der Waals surface area contributed by atoms with Gasteiger partial charge >= 0.3 is 0 Å². The van der Waals surface area contributed by atoms with Crippen molar-refractivity contribution in [2.24, 2.45) is 0 Å². The van der Waals surface area contributed by atoms with Gasteiger partial charge in [-0.1, -0.05) is 6.92 Å². The lowest BCUT2D eigenvalue weighted by Gasteiger charge is -2.15. The molecule has 0 aromatic carbocycles. The largest absolute Gasteiger partial charge is 0.379 e. The summed E-state index contributed by atoms with van der Waals surface area (Å²) in [5.41, 5.74) is 0. The van der Waals surface area contributed by atoms with Crippen LogP contribution in [-0.4, -0.2) is 68.9 Å². The summed E-state index contributed by atoms with van der Waals surface area (Å²) in [5.74, 6) is -1.78. The molecule has 0 heterocycles. The van der Waals surface area contributed by atoms with E-state index in [1.165, 1.54) is 6.92 Å². The second-order valence-corrected chi connectivity index (χ2v) is 4.11. The van der Waals surface area contributed by atoms with Gasteiger partial charge in [-0.25, -0.2) is 0 Å². The zero-order chi connectivity index (χ0) is 13.7. The van der Waals surface area contributed by atoms with Crippen LogP contribution in [0.15, 0.2) is 0 Å². The van der Waals surface area contributed by atoms with Crippen LogP contribution < -0.4 is 0 Å². The summed E-state index contributed by atoms with van der Waals surface area (Å²) in [6.07, 6.45) is 1.02. The summed E-state index contributed by atoms with van der Waals surface area (Å²) < 4.78 is 20.7. The van der Waals surface area contributed by atoms with Gasteiger partial charge in [-0.05, 0) is 13.3 Å². The third-order valence-corrected chi connectivity index (χ3v) is 1.84. The standard InChI is InChI=1S/C12H26O6/c1-3-4-15-5-6-16-7-8-17-9-10-18-11-12(2,13)14/h13-14H,3-11H2,1-2H3. The van der Waals surface area contributed by atoms with Crippen molar-refractivity contribution in [1.29, 1.82) is 0 Å². The first-order chi connectivity index (χ1) is 8.56. The van der Waals surface area contributed by atoms with E-state index in [0.717, 1.165) is 13.0 Å². The summed E-state index contributed by atoms with van der Waals surface area (Å²) in [5, 5.41) is 17.9. The Hall–Kier alpha value is -0.240. The summed E-state index contributed by atoms with van der Waals surface area (Å²) >= 11 is 0. The lowest BCUT2D eigenvalue weighted by Crippen LogP contribution is -2.30. The highest BCUT2D eigenvalue weighted by Crippen LogP contribution is 1.96. The van der Waals surface area contributed by atoms with Crippen molar-refractivity contribution in [2.75, 3.05) is 52.9 Å². The minimum absolute atomic E-state index is 0.123. The Bertz CT molecular complexity index is 168. The maximum Gasteiger partial charge on any atom is 0.183 e. The molecule has 0 spiro atoms. The minimum Gasteiger partial charge on any atom is -0.379 e. The molecular weight excluding hydrogens is 240 g/mol.